The molecule has 0 unspecified atom stereocenters. The molecule has 0 bridgehead atoms. The average Bonchev–Trinajstić information content (AvgIpc) is 3.12. The molecule has 6 heteroatoms. The number of aryl methyl sites for hydroxylation is 1. The van der Waals surface area contributed by atoms with Crippen LogP contribution in [-0.2, 0) is 11.8 Å². The lowest BCUT2D eigenvalue weighted by molar-refractivity contribution is -0.119. The second kappa shape index (κ2) is 5.88. The number of benzene rings is 1. The molecule has 0 aliphatic carbocycles. The van der Waals surface area contributed by atoms with Crippen molar-refractivity contribution in [3.05, 3.63) is 47.5 Å². The molecule has 0 spiro atoms. The van der Waals surface area contributed by atoms with E-state index in [9.17, 15) is 9.18 Å². The van der Waals surface area contributed by atoms with Crippen LogP contribution in [-0.4, -0.2) is 28.8 Å². The van der Waals surface area contributed by atoms with Crippen LogP contribution in [0.3, 0.4) is 0 Å². The largest absolute Gasteiger partial charge is 0.325 e. The SMILES string of the molecule is Cc1c(F)cccc1NC(=O)[C@H]1CNC[C@@H]1c1cnn(C)c1. The molecule has 2 aromatic rings. The minimum atomic E-state index is -0.314. The van der Waals surface area contributed by atoms with Crippen molar-refractivity contribution in [2.24, 2.45) is 13.0 Å². The minimum Gasteiger partial charge on any atom is -0.325 e. The summed E-state index contributed by atoms with van der Waals surface area (Å²) in [4.78, 5) is 12.6. The fourth-order valence-corrected chi connectivity index (χ4v) is 2.90. The molecule has 22 heavy (non-hydrogen) atoms. The summed E-state index contributed by atoms with van der Waals surface area (Å²) in [5.74, 6) is -0.506. The van der Waals surface area contributed by atoms with Gasteiger partial charge >= 0.3 is 0 Å². The van der Waals surface area contributed by atoms with Gasteiger partial charge in [-0.3, -0.25) is 9.48 Å². The van der Waals surface area contributed by atoms with Gasteiger partial charge in [0.05, 0.1) is 12.1 Å². The van der Waals surface area contributed by atoms with E-state index < -0.39 is 0 Å². The zero-order valence-electron chi connectivity index (χ0n) is 12.6. The number of aromatic nitrogens is 2. The Labute approximate surface area is 128 Å². The first-order valence-electron chi connectivity index (χ1n) is 7.31. The fraction of sp³-hybridized carbons (Fsp3) is 0.375. The van der Waals surface area contributed by atoms with Gasteiger partial charge in [-0.2, -0.15) is 5.10 Å². The molecule has 1 saturated heterocycles. The number of anilines is 1. The minimum absolute atomic E-state index is 0.0857. The third-order valence-corrected chi connectivity index (χ3v) is 4.23. The summed E-state index contributed by atoms with van der Waals surface area (Å²) < 4.78 is 15.3. The van der Waals surface area contributed by atoms with Gasteiger partial charge in [-0.1, -0.05) is 6.07 Å². The lowest BCUT2D eigenvalue weighted by Gasteiger charge is -2.18. The van der Waals surface area contributed by atoms with Gasteiger partial charge in [0.1, 0.15) is 5.82 Å². The Morgan fingerprint density at radius 3 is 3.00 bits per heavy atom. The number of carbonyl (C=O) groups excluding carboxylic acids is 1. The van der Waals surface area contributed by atoms with Gasteiger partial charge in [-0.05, 0) is 24.6 Å². The van der Waals surface area contributed by atoms with Crippen molar-refractivity contribution < 1.29 is 9.18 Å². The average molecular weight is 302 g/mol. The third kappa shape index (κ3) is 2.74. The standard InChI is InChI=1S/C16H19FN4O/c1-10-14(17)4-3-5-15(10)20-16(22)13-8-18-7-12(13)11-6-19-21(2)9-11/h3-6,9,12-13,18H,7-8H2,1-2H3,(H,20,22)/t12-,13+/m1/s1. The number of hydrogen-bond acceptors (Lipinski definition) is 3. The van der Waals surface area contributed by atoms with E-state index in [1.54, 1.807) is 29.9 Å². The Morgan fingerprint density at radius 2 is 2.27 bits per heavy atom. The van der Waals surface area contributed by atoms with E-state index in [0.717, 1.165) is 12.1 Å². The van der Waals surface area contributed by atoms with Crippen molar-refractivity contribution in [2.45, 2.75) is 12.8 Å². The Bertz CT molecular complexity index is 697. The van der Waals surface area contributed by atoms with Crippen LogP contribution in [0.1, 0.15) is 17.0 Å². The molecule has 1 aliphatic rings. The Kier molecular flexibility index (Phi) is 3.94. The first kappa shape index (κ1) is 14.7. The molecule has 116 valence electrons. The second-order valence-electron chi connectivity index (χ2n) is 5.72. The lowest BCUT2D eigenvalue weighted by Crippen LogP contribution is -2.28. The Morgan fingerprint density at radius 1 is 1.45 bits per heavy atom. The fourth-order valence-electron chi connectivity index (χ4n) is 2.90. The Balaban J connectivity index is 1.78. The smallest absolute Gasteiger partial charge is 0.229 e. The molecule has 2 atom stereocenters. The van der Waals surface area contributed by atoms with Gasteiger partial charge in [0.2, 0.25) is 5.91 Å². The molecule has 2 heterocycles. The highest BCUT2D eigenvalue weighted by Gasteiger charge is 2.34. The van der Waals surface area contributed by atoms with Gasteiger partial charge in [0, 0.05) is 43.5 Å². The second-order valence-corrected chi connectivity index (χ2v) is 5.72. The number of halogens is 1. The van der Waals surface area contributed by atoms with Crippen molar-refractivity contribution in [3.8, 4) is 0 Å². The van der Waals surface area contributed by atoms with E-state index >= 15 is 0 Å². The summed E-state index contributed by atoms with van der Waals surface area (Å²) in [7, 11) is 1.86. The van der Waals surface area contributed by atoms with E-state index in [1.165, 1.54) is 6.07 Å². The summed E-state index contributed by atoms with van der Waals surface area (Å²) in [5, 5.41) is 10.3. The molecule has 1 fully saturated rings. The lowest BCUT2D eigenvalue weighted by atomic mass is 9.90. The molecule has 0 radical (unpaired) electrons. The first-order valence-corrected chi connectivity index (χ1v) is 7.31. The van der Waals surface area contributed by atoms with E-state index in [0.29, 0.717) is 17.8 Å². The van der Waals surface area contributed by atoms with Gasteiger partial charge in [-0.15, -0.1) is 0 Å². The molecule has 1 aliphatic heterocycles. The predicted molar refractivity (Wildman–Crippen MR) is 82.1 cm³/mol. The van der Waals surface area contributed by atoms with Crippen molar-refractivity contribution in [3.63, 3.8) is 0 Å². The summed E-state index contributed by atoms with van der Waals surface area (Å²) >= 11 is 0. The van der Waals surface area contributed by atoms with Crippen LogP contribution in [0.2, 0.25) is 0 Å². The topological polar surface area (TPSA) is 59.0 Å². The van der Waals surface area contributed by atoms with Gasteiger partial charge in [-0.25, -0.2) is 4.39 Å². The van der Waals surface area contributed by atoms with Crippen molar-refractivity contribution in [2.75, 3.05) is 18.4 Å². The van der Waals surface area contributed by atoms with Gasteiger partial charge in [0.15, 0.2) is 0 Å². The summed E-state index contributed by atoms with van der Waals surface area (Å²) in [6.45, 7) is 3.02. The molecular weight excluding hydrogens is 283 g/mol. The van der Waals surface area contributed by atoms with Crippen molar-refractivity contribution in [1.29, 1.82) is 0 Å². The number of nitrogens with zero attached hydrogens (tertiary/aromatic N) is 2. The normalized spacial score (nSPS) is 21.0. The van der Waals surface area contributed by atoms with Crippen molar-refractivity contribution >= 4 is 11.6 Å². The monoisotopic (exact) mass is 302 g/mol. The molecule has 0 saturated carbocycles. The number of hydrogen-bond donors (Lipinski definition) is 2. The Hall–Kier alpha value is -2.21. The maximum Gasteiger partial charge on any atom is 0.229 e. The van der Waals surface area contributed by atoms with Gasteiger partial charge < -0.3 is 10.6 Å². The highest BCUT2D eigenvalue weighted by atomic mass is 19.1. The summed E-state index contributed by atoms with van der Waals surface area (Å²) in [6, 6.07) is 4.71. The van der Waals surface area contributed by atoms with Crippen molar-refractivity contribution in [1.82, 2.24) is 15.1 Å². The quantitative estimate of drug-likeness (QED) is 0.909. The van der Waals surface area contributed by atoms with Crippen LogP contribution in [0.5, 0.6) is 0 Å². The summed E-state index contributed by atoms with van der Waals surface area (Å²) in [5.41, 5.74) is 2.03. The predicted octanol–water partition coefficient (Wildman–Crippen LogP) is 1.81. The molecule has 1 aromatic carbocycles. The van der Waals surface area contributed by atoms with Crippen LogP contribution in [0, 0.1) is 18.7 Å². The highest BCUT2D eigenvalue weighted by Crippen LogP contribution is 2.29. The number of rotatable bonds is 3. The summed E-state index contributed by atoms with van der Waals surface area (Å²) in [6.07, 6.45) is 3.73. The number of amides is 1. The molecule has 3 rings (SSSR count). The molecular formula is C16H19FN4O. The zero-order chi connectivity index (χ0) is 15.7. The van der Waals surface area contributed by atoms with Crippen LogP contribution >= 0.6 is 0 Å². The van der Waals surface area contributed by atoms with E-state index in [-0.39, 0.29) is 23.6 Å². The first-order chi connectivity index (χ1) is 10.6. The molecule has 1 aromatic heterocycles. The van der Waals surface area contributed by atoms with E-state index in [4.69, 9.17) is 0 Å². The maximum absolute atomic E-state index is 13.6. The van der Waals surface area contributed by atoms with E-state index in [2.05, 4.69) is 15.7 Å². The van der Waals surface area contributed by atoms with Gasteiger partial charge in [0.25, 0.3) is 0 Å². The molecule has 1 amide bonds. The highest BCUT2D eigenvalue weighted by molar-refractivity contribution is 5.94. The van der Waals surface area contributed by atoms with Crippen LogP contribution in [0.15, 0.2) is 30.6 Å². The van der Waals surface area contributed by atoms with Crippen LogP contribution < -0.4 is 10.6 Å². The third-order valence-electron chi connectivity index (χ3n) is 4.23. The number of carbonyl (C=O) groups is 1. The molecule has 5 nitrogen and oxygen atoms in total. The maximum atomic E-state index is 13.6. The zero-order valence-corrected chi connectivity index (χ0v) is 12.6. The van der Waals surface area contributed by atoms with Crippen LogP contribution in [0.4, 0.5) is 10.1 Å². The number of nitrogens with one attached hydrogen (secondary N) is 2. The van der Waals surface area contributed by atoms with E-state index in [1.807, 2.05) is 13.2 Å². The molecule has 2 N–H and O–H groups in total. The van der Waals surface area contributed by atoms with Crippen LogP contribution in [0.25, 0.3) is 0 Å².